The summed E-state index contributed by atoms with van der Waals surface area (Å²) >= 11 is 0. The molecule has 2 heterocycles. The number of aromatic nitrogens is 2. The van der Waals surface area contributed by atoms with E-state index in [4.69, 9.17) is 4.98 Å². The predicted molar refractivity (Wildman–Crippen MR) is 84.5 cm³/mol. The number of benzene rings is 1. The average molecular weight is 281 g/mol. The summed E-state index contributed by atoms with van der Waals surface area (Å²) in [6.07, 6.45) is 4.62. The molecule has 3 nitrogen and oxygen atoms in total. The van der Waals surface area contributed by atoms with Gasteiger partial charge in [0.25, 0.3) is 0 Å². The third kappa shape index (κ3) is 2.20. The predicted octanol–water partition coefficient (Wildman–Crippen LogP) is 2.82. The van der Waals surface area contributed by atoms with Crippen molar-refractivity contribution in [2.24, 2.45) is 0 Å². The molecule has 4 rings (SSSR count). The average Bonchev–Trinajstić information content (AvgIpc) is 2.83. The van der Waals surface area contributed by atoms with Gasteiger partial charge in [-0.2, -0.15) is 0 Å². The summed E-state index contributed by atoms with van der Waals surface area (Å²) in [7, 11) is 0. The molecule has 0 spiro atoms. The van der Waals surface area contributed by atoms with Crippen LogP contribution in [-0.2, 0) is 32.4 Å². The molecule has 0 bridgehead atoms. The van der Waals surface area contributed by atoms with Crippen LogP contribution in [0.4, 0.5) is 0 Å². The first kappa shape index (κ1) is 13.1. The zero-order chi connectivity index (χ0) is 14.2. The van der Waals surface area contributed by atoms with E-state index in [1.165, 1.54) is 35.6 Å². The van der Waals surface area contributed by atoms with Crippen molar-refractivity contribution >= 4 is 0 Å². The van der Waals surface area contributed by atoms with Gasteiger partial charge in [-0.1, -0.05) is 31.2 Å². The van der Waals surface area contributed by atoms with Crippen molar-refractivity contribution in [1.82, 2.24) is 14.9 Å². The summed E-state index contributed by atoms with van der Waals surface area (Å²) < 4.78 is 2.54. The topological polar surface area (TPSA) is 29.9 Å². The molecule has 0 saturated heterocycles. The number of hydrogen-bond acceptors (Lipinski definition) is 2. The van der Waals surface area contributed by atoms with Crippen molar-refractivity contribution in [2.45, 2.75) is 51.6 Å². The lowest BCUT2D eigenvalue weighted by molar-refractivity contribution is 0.476. The minimum Gasteiger partial charge on any atom is -0.331 e. The molecule has 1 aromatic carbocycles. The molecular weight excluding hydrogens is 258 g/mol. The molecule has 21 heavy (non-hydrogen) atoms. The Morgan fingerprint density at radius 2 is 2.24 bits per heavy atom. The Morgan fingerprint density at radius 1 is 1.33 bits per heavy atom. The SMILES string of the molecule is CCCc1nc2c(n1CC1Cc3ccccc31)CCNC2. The normalized spacial score (nSPS) is 19.8. The summed E-state index contributed by atoms with van der Waals surface area (Å²) in [5.41, 5.74) is 5.87. The molecule has 110 valence electrons. The quantitative estimate of drug-likeness (QED) is 0.934. The second-order valence-corrected chi connectivity index (χ2v) is 6.31. The minimum atomic E-state index is 0.685. The van der Waals surface area contributed by atoms with Crippen molar-refractivity contribution in [2.75, 3.05) is 6.54 Å². The van der Waals surface area contributed by atoms with E-state index in [1.54, 1.807) is 5.56 Å². The Hall–Kier alpha value is -1.61. The van der Waals surface area contributed by atoms with Crippen LogP contribution >= 0.6 is 0 Å². The van der Waals surface area contributed by atoms with Crippen LogP contribution in [0.3, 0.4) is 0 Å². The van der Waals surface area contributed by atoms with Gasteiger partial charge < -0.3 is 9.88 Å². The molecule has 0 amide bonds. The fourth-order valence-electron chi connectivity index (χ4n) is 3.80. The fourth-order valence-corrected chi connectivity index (χ4v) is 3.80. The molecule has 0 saturated carbocycles. The number of rotatable bonds is 4. The second kappa shape index (κ2) is 5.30. The maximum Gasteiger partial charge on any atom is 0.109 e. The molecule has 0 radical (unpaired) electrons. The minimum absolute atomic E-state index is 0.685. The van der Waals surface area contributed by atoms with E-state index in [0.717, 1.165) is 32.5 Å². The van der Waals surface area contributed by atoms with Gasteiger partial charge in [0.15, 0.2) is 0 Å². The first-order valence-electron chi connectivity index (χ1n) is 8.22. The highest BCUT2D eigenvalue weighted by atomic mass is 15.1. The molecule has 1 unspecified atom stereocenters. The highest BCUT2D eigenvalue weighted by molar-refractivity contribution is 5.40. The van der Waals surface area contributed by atoms with Gasteiger partial charge in [-0.15, -0.1) is 0 Å². The molecule has 1 aliphatic heterocycles. The van der Waals surface area contributed by atoms with Gasteiger partial charge in [-0.25, -0.2) is 4.98 Å². The monoisotopic (exact) mass is 281 g/mol. The number of nitrogens with one attached hydrogen (secondary N) is 1. The first-order chi connectivity index (χ1) is 10.4. The molecular formula is C18H23N3. The highest BCUT2D eigenvalue weighted by Gasteiger charge is 2.28. The third-order valence-corrected chi connectivity index (χ3v) is 4.90. The van der Waals surface area contributed by atoms with Crippen LogP contribution in [0.15, 0.2) is 24.3 Å². The van der Waals surface area contributed by atoms with E-state index < -0.39 is 0 Å². The third-order valence-electron chi connectivity index (χ3n) is 4.90. The second-order valence-electron chi connectivity index (χ2n) is 6.31. The smallest absolute Gasteiger partial charge is 0.109 e. The van der Waals surface area contributed by atoms with Gasteiger partial charge in [-0.3, -0.25) is 0 Å². The summed E-state index contributed by atoms with van der Waals surface area (Å²) in [6.45, 7) is 5.40. The number of fused-ring (bicyclic) bond motifs is 2. The Kier molecular flexibility index (Phi) is 3.30. The molecule has 1 aromatic heterocycles. The molecule has 2 aliphatic rings. The van der Waals surface area contributed by atoms with Crippen LogP contribution < -0.4 is 5.32 Å². The highest BCUT2D eigenvalue weighted by Crippen LogP contribution is 2.37. The van der Waals surface area contributed by atoms with Crippen molar-refractivity contribution in [3.05, 3.63) is 52.6 Å². The summed E-state index contributed by atoms with van der Waals surface area (Å²) in [5.74, 6) is 1.99. The summed E-state index contributed by atoms with van der Waals surface area (Å²) in [4.78, 5) is 4.91. The maximum atomic E-state index is 4.91. The van der Waals surface area contributed by atoms with Crippen molar-refractivity contribution < 1.29 is 0 Å². The van der Waals surface area contributed by atoms with Gasteiger partial charge >= 0.3 is 0 Å². The van der Waals surface area contributed by atoms with Crippen LogP contribution in [0.1, 0.15) is 47.6 Å². The van der Waals surface area contributed by atoms with E-state index in [1.807, 2.05) is 0 Å². The van der Waals surface area contributed by atoms with Crippen LogP contribution in [0.5, 0.6) is 0 Å². The Morgan fingerprint density at radius 3 is 3.10 bits per heavy atom. The van der Waals surface area contributed by atoms with E-state index >= 15 is 0 Å². The van der Waals surface area contributed by atoms with Gasteiger partial charge in [-0.05, 0) is 24.0 Å². The van der Waals surface area contributed by atoms with Crippen LogP contribution in [0, 0.1) is 0 Å². The fraction of sp³-hybridized carbons (Fsp3) is 0.500. The van der Waals surface area contributed by atoms with Crippen LogP contribution in [-0.4, -0.2) is 16.1 Å². The maximum absolute atomic E-state index is 4.91. The van der Waals surface area contributed by atoms with Gasteiger partial charge in [0, 0.05) is 44.1 Å². The molecule has 0 fully saturated rings. The zero-order valence-corrected chi connectivity index (χ0v) is 12.7. The lowest BCUT2D eigenvalue weighted by atomic mass is 9.77. The van der Waals surface area contributed by atoms with Crippen molar-refractivity contribution in [3.8, 4) is 0 Å². The van der Waals surface area contributed by atoms with Gasteiger partial charge in [0.2, 0.25) is 0 Å². The van der Waals surface area contributed by atoms with E-state index in [0.29, 0.717) is 5.92 Å². The lowest BCUT2D eigenvalue weighted by Gasteiger charge is -2.31. The Bertz CT molecular complexity index is 656. The lowest BCUT2D eigenvalue weighted by Crippen LogP contribution is -2.27. The van der Waals surface area contributed by atoms with Crippen molar-refractivity contribution in [1.29, 1.82) is 0 Å². The standard InChI is InChI=1S/C18H23N3/c1-2-5-18-20-16-11-19-9-8-17(16)21(18)12-14-10-13-6-3-4-7-15(13)14/h3-4,6-7,14,19H,2,5,8-12H2,1H3. The molecule has 2 aromatic rings. The number of imidazole rings is 1. The van der Waals surface area contributed by atoms with Crippen LogP contribution in [0.25, 0.3) is 0 Å². The molecule has 1 aliphatic carbocycles. The van der Waals surface area contributed by atoms with Crippen LogP contribution in [0.2, 0.25) is 0 Å². The number of nitrogens with zero attached hydrogens (tertiary/aromatic N) is 2. The Balaban J connectivity index is 1.64. The first-order valence-corrected chi connectivity index (χ1v) is 8.22. The van der Waals surface area contributed by atoms with E-state index in [-0.39, 0.29) is 0 Å². The van der Waals surface area contributed by atoms with Crippen molar-refractivity contribution in [3.63, 3.8) is 0 Å². The van der Waals surface area contributed by atoms with E-state index in [2.05, 4.69) is 41.1 Å². The number of aryl methyl sites for hydroxylation is 1. The van der Waals surface area contributed by atoms with E-state index in [9.17, 15) is 0 Å². The van der Waals surface area contributed by atoms with Gasteiger partial charge in [0.1, 0.15) is 5.82 Å². The van der Waals surface area contributed by atoms with Gasteiger partial charge in [0.05, 0.1) is 5.69 Å². The summed E-state index contributed by atoms with van der Waals surface area (Å²) in [6, 6.07) is 8.90. The largest absolute Gasteiger partial charge is 0.331 e. The number of hydrogen-bond donors (Lipinski definition) is 1. The molecule has 1 atom stereocenters. The summed E-state index contributed by atoms with van der Waals surface area (Å²) in [5, 5.41) is 3.44. The Labute approximate surface area is 126 Å². The molecule has 1 N–H and O–H groups in total. The molecule has 3 heteroatoms. The zero-order valence-electron chi connectivity index (χ0n) is 12.7.